The van der Waals surface area contributed by atoms with Crippen LogP contribution in [0.1, 0.15) is 5.56 Å². The van der Waals surface area contributed by atoms with Crippen LogP contribution in [0.4, 0.5) is 0 Å². The first-order valence-corrected chi connectivity index (χ1v) is 4.66. The van der Waals surface area contributed by atoms with Gasteiger partial charge in [0.15, 0.2) is 5.58 Å². The van der Waals surface area contributed by atoms with Gasteiger partial charge in [-0.1, -0.05) is 6.07 Å². The summed E-state index contributed by atoms with van der Waals surface area (Å²) in [6, 6.07) is 3.96. The van der Waals surface area contributed by atoms with Crippen molar-refractivity contribution >= 4 is 39.2 Å². The molecular formula is C8H6BrNOS. The van der Waals surface area contributed by atoms with E-state index in [2.05, 4.69) is 20.9 Å². The van der Waals surface area contributed by atoms with E-state index < -0.39 is 0 Å². The molecule has 0 atom stereocenters. The minimum Gasteiger partial charge on any atom is -0.428 e. The highest BCUT2D eigenvalue weighted by Crippen LogP contribution is 2.25. The molecule has 2 rings (SSSR count). The number of aryl methyl sites for hydroxylation is 1. The van der Waals surface area contributed by atoms with Crippen molar-refractivity contribution in [3.63, 3.8) is 0 Å². The zero-order valence-electron chi connectivity index (χ0n) is 6.35. The summed E-state index contributed by atoms with van der Waals surface area (Å²) in [4.78, 5) is 3.40. The molecule has 62 valence electrons. The van der Waals surface area contributed by atoms with Gasteiger partial charge in [0.2, 0.25) is 0 Å². The minimum atomic E-state index is 0.417. The molecule has 0 aliphatic heterocycles. The first-order valence-electron chi connectivity index (χ1n) is 3.46. The van der Waals surface area contributed by atoms with Crippen LogP contribution >= 0.6 is 28.1 Å². The van der Waals surface area contributed by atoms with Crippen LogP contribution in [0.3, 0.4) is 0 Å². The van der Waals surface area contributed by atoms with E-state index in [1.807, 2.05) is 19.1 Å². The molecule has 0 saturated heterocycles. The fourth-order valence-corrected chi connectivity index (χ4v) is 1.73. The third-order valence-corrected chi connectivity index (χ3v) is 2.55. The van der Waals surface area contributed by atoms with Crippen molar-refractivity contribution in [2.45, 2.75) is 6.92 Å². The number of benzene rings is 1. The SMILES string of the molecule is Cc1ccc(Br)c2oc(=S)[nH]c12. The second-order valence-corrected chi connectivity index (χ2v) is 3.81. The Labute approximate surface area is 82.7 Å². The average molecular weight is 244 g/mol. The van der Waals surface area contributed by atoms with Crippen molar-refractivity contribution < 1.29 is 4.42 Å². The van der Waals surface area contributed by atoms with E-state index in [1.165, 1.54) is 0 Å². The van der Waals surface area contributed by atoms with Crippen LogP contribution in [0.5, 0.6) is 0 Å². The van der Waals surface area contributed by atoms with Crippen LogP contribution in [-0.2, 0) is 0 Å². The monoisotopic (exact) mass is 243 g/mol. The number of H-pyrrole nitrogens is 1. The van der Waals surface area contributed by atoms with Crippen LogP contribution in [0, 0.1) is 11.8 Å². The number of oxazole rings is 1. The summed E-state index contributed by atoms with van der Waals surface area (Å²) in [6.07, 6.45) is 0. The lowest BCUT2D eigenvalue weighted by molar-refractivity contribution is 0.582. The molecular weight excluding hydrogens is 238 g/mol. The van der Waals surface area contributed by atoms with Crippen molar-refractivity contribution in [1.82, 2.24) is 4.98 Å². The Hall–Kier alpha value is -0.610. The van der Waals surface area contributed by atoms with E-state index in [1.54, 1.807) is 0 Å². The van der Waals surface area contributed by atoms with Gasteiger partial charge in [-0.2, -0.15) is 0 Å². The molecule has 0 aliphatic rings. The highest BCUT2D eigenvalue weighted by atomic mass is 79.9. The topological polar surface area (TPSA) is 28.9 Å². The maximum absolute atomic E-state index is 5.29. The molecule has 0 spiro atoms. The van der Waals surface area contributed by atoms with Crippen LogP contribution in [0.25, 0.3) is 11.1 Å². The van der Waals surface area contributed by atoms with Crippen molar-refractivity contribution in [2.75, 3.05) is 0 Å². The number of fused-ring (bicyclic) bond motifs is 1. The standard InChI is InChI=1S/C8H6BrNOS/c1-4-2-3-5(9)7-6(4)10-8(12)11-7/h2-3H,1H3,(H,10,12). The van der Waals surface area contributed by atoms with Crippen LogP contribution in [0.2, 0.25) is 0 Å². The van der Waals surface area contributed by atoms with Crippen LogP contribution < -0.4 is 0 Å². The van der Waals surface area contributed by atoms with Gasteiger partial charge in [0, 0.05) is 0 Å². The molecule has 1 aromatic carbocycles. The second kappa shape index (κ2) is 2.71. The van der Waals surface area contributed by atoms with Gasteiger partial charge in [0.1, 0.15) is 0 Å². The summed E-state index contributed by atoms with van der Waals surface area (Å²) in [6.45, 7) is 2.01. The number of nitrogens with one attached hydrogen (secondary N) is 1. The van der Waals surface area contributed by atoms with Crippen molar-refractivity contribution in [3.8, 4) is 0 Å². The van der Waals surface area contributed by atoms with E-state index in [9.17, 15) is 0 Å². The number of halogens is 1. The fourth-order valence-electron chi connectivity index (χ4n) is 1.13. The van der Waals surface area contributed by atoms with Gasteiger partial charge in [0.05, 0.1) is 9.99 Å². The molecule has 0 amide bonds. The van der Waals surface area contributed by atoms with Crippen LogP contribution in [-0.4, -0.2) is 4.98 Å². The van der Waals surface area contributed by atoms with Gasteiger partial charge in [-0.3, -0.25) is 0 Å². The Morgan fingerprint density at radius 2 is 2.25 bits per heavy atom. The summed E-state index contributed by atoms with van der Waals surface area (Å²) in [7, 11) is 0. The summed E-state index contributed by atoms with van der Waals surface area (Å²) < 4.78 is 6.22. The van der Waals surface area contributed by atoms with Crippen molar-refractivity contribution in [3.05, 3.63) is 27.0 Å². The van der Waals surface area contributed by atoms with Gasteiger partial charge in [-0.15, -0.1) is 0 Å². The molecule has 2 nitrogen and oxygen atoms in total. The van der Waals surface area contributed by atoms with E-state index in [4.69, 9.17) is 16.6 Å². The summed E-state index contributed by atoms with van der Waals surface area (Å²) in [5.74, 6) is 0. The largest absolute Gasteiger partial charge is 0.428 e. The third-order valence-electron chi connectivity index (χ3n) is 1.74. The van der Waals surface area contributed by atoms with Gasteiger partial charge in [-0.25, -0.2) is 0 Å². The van der Waals surface area contributed by atoms with E-state index >= 15 is 0 Å². The molecule has 4 heteroatoms. The number of rotatable bonds is 0. The van der Waals surface area contributed by atoms with Gasteiger partial charge in [0.25, 0.3) is 4.84 Å². The normalized spacial score (nSPS) is 10.8. The molecule has 1 N–H and O–H groups in total. The zero-order chi connectivity index (χ0) is 8.72. The number of hydrogen-bond acceptors (Lipinski definition) is 2. The smallest absolute Gasteiger partial charge is 0.266 e. The lowest BCUT2D eigenvalue weighted by Crippen LogP contribution is -1.75. The van der Waals surface area contributed by atoms with E-state index in [-0.39, 0.29) is 0 Å². The first-order chi connectivity index (χ1) is 5.68. The molecule has 0 aliphatic carbocycles. The highest BCUT2D eigenvalue weighted by molar-refractivity contribution is 9.10. The average Bonchev–Trinajstić information content (AvgIpc) is 2.41. The molecule has 0 saturated carbocycles. The lowest BCUT2D eigenvalue weighted by Gasteiger charge is -1.94. The van der Waals surface area contributed by atoms with Crippen LogP contribution in [0.15, 0.2) is 21.0 Å². The third kappa shape index (κ3) is 1.11. The number of aromatic amines is 1. The summed E-state index contributed by atoms with van der Waals surface area (Å²) in [5.41, 5.74) is 2.89. The Balaban J connectivity index is 3.03. The zero-order valence-corrected chi connectivity index (χ0v) is 8.75. The minimum absolute atomic E-state index is 0.417. The first kappa shape index (κ1) is 8.01. The second-order valence-electron chi connectivity index (χ2n) is 2.58. The van der Waals surface area contributed by atoms with Gasteiger partial charge in [-0.05, 0) is 46.7 Å². The van der Waals surface area contributed by atoms with Gasteiger partial charge >= 0.3 is 0 Å². The van der Waals surface area contributed by atoms with E-state index in [0.717, 1.165) is 21.1 Å². The Morgan fingerprint density at radius 3 is 2.92 bits per heavy atom. The van der Waals surface area contributed by atoms with Crippen molar-refractivity contribution in [2.24, 2.45) is 0 Å². The molecule has 0 bridgehead atoms. The number of aromatic nitrogens is 1. The molecule has 12 heavy (non-hydrogen) atoms. The molecule has 0 radical (unpaired) electrons. The van der Waals surface area contributed by atoms with E-state index in [0.29, 0.717) is 4.84 Å². The Bertz CT molecular complexity index is 443. The fraction of sp³-hybridized carbons (Fsp3) is 0.125. The molecule has 2 aromatic rings. The predicted octanol–water partition coefficient (Wildman–Crippen LogP) is 3.56. The van der Waals surface area contributed by atoms with Crippen molar-refractivity contribution in [1.29, 1.82) is 0 Å². The Kier molecular flexibility index (Phi) is 1.81. The maximum Gasteiger partial charge on any atom is 0.266 e. The molecule has 0 fully saturated rings. The molecule has 0 unspecified atom stereocenters. The Morgan fingerprint density at radius 1 is 1.50 bits per heavy atom. The molecule has 1 aromatic heterocycles. The maximum atomic E-state index is 5.29. The number of hydrogen-bond donors (Lipinski definition) is 1. The summed E-state index contributed by atoms with van der Waals surface area (Å²) in [5, 5.41) is 0. The van der Waals surface area contributed by atoms with Gasteiger partial charge < -0.3 is 9.40 Å². The molecule has 1 heterocycles. The predicted molar refractivity (Wildman–Crippen MR) is 53.8 cm³/mol. The highest BCUT2D eigenvalue weighted by Gasteiger charge is 2.05. The quantitative estimate of drug-likeness (QED) is 0.718. The lowest BCUT2D eigenvalue weighted by atomic mass is 10.2. The summed E-state index contributed by atoms with van der Waals surface area (Å²) >= 11 is 8.27.